The zero-order valence-electron chi connectivity index (χ0n) is 14.8. The summed E-state index contributed by atoms with van der Waals surface area (Å²) in [5, 5.41) is 13.6. The van der Waals surface area contributed by atoms with Gasteiger partial charge in [-0.1, -0.05) is 0 Å². The van der Waals surface area contributed by atoms with Crippen LogP contribution in [0.25, 0.3) is 11.5 Å². The summed E-state index contributed by atoms with van der Waals surface area (Å²) in [5.41, 5.74) is 0.808. The Hall–Kier alpha value is -2.28. The Bertz CT molecular complexity index is 985. The molecule has 0 radical (unpaired) electrons. The molecule has 3 aromatic heterocycles. The maximum atomic E-state index is 6.22. The fraction of sp³-hybridized carbons (Fsp3) is 0.526. The second kappa shape index (κ2) is 5.38. The molecule has 0 saturated heterocycles. The summed E-state index contributed by atoms with van der Waals surface area (Å²) < 4.78 is 8.23. The number of hydrogen-bond donors (Lipinski definition) is 0. The van der Waals surface area contributed by atoms with Gasteiger partial charge in [0.15, 0.2) is 0 Å². The van der Waals surface area contributed by atoms with Crippen molar-refractivity contribution in [3.63, 3.8) is 0 Å². The maximum Gasteiger partial charge on any atom is 0.247 e. The predicted molar refractivity (Wildman–Crippen MR) is 96.9 cm³/mol. The van der Waals surface area contributed by atoms with Crippen molar-refractivity contribution in [3.05, 3.63) is 42.0 Å². The lowest BCUT2D eigenvalue weighted by atomic mass is 9.47. The first-order valence-electron chi connectivity index (χ1n) is 9.46. The van der Waals surface area contributed by atoms with Crippen LogP contribution in [0, 0.1) is 11.8 Å². The predicted octanol–water partition coefficient (Wildman–Crippen LogP) is 3.62. The first-order valence-corrected chi connectivity index (χ1v) is 9.84. The molecular weight excluding hydrogens is 364 g/mol. The molecule has 4 aliphatic carbocycles. The second-order valence-electron chi connectivity index (χ2n) is 8.57. The van der Waals surface area contributed by atoms with Gasteiger partial charge in [0.25, 0.3) is 0 Å². The lowest BCUT2D eigenvalue weighted by molar-refractivity contribution is -0.0772. The molecule has 7 rings (SSSR count). The number of aromatic nitrogens is 6. The minimum Gasteiger partial charge on any atom is -0.420 e. The molecule has 4 bridgehead atoms. The fourth-order valence-corrected chi connectivity index (χ4v) is 6.38. The number of rotatable bonds is 3. The average molecular weight is 383 g/mol. The molecule has 0 aliphatic heterocycles. The summed E-state index contributed by atoms with van der Waals surface area (Å²) in [6, 6.07) is 3.80. The van der Waals surface area contributed by atoms with E-state index in [2.05, 4.69) is 25.3 Å². The zero-order chi connectivity index (χ0) is 18.1. The summed E-state index contributed by atoms with van der Waals surface area (Å²) >= 11 is 6.03. The molecule has 7 nitrogen and oxygen atoms in total. The Morgan fingerprint density at radius 1 is 1.07 bits per heavy atom. The van der Waals surface area contributed by atoms with E-state index < -0.39 is 0 Å². The van der Waals surface area contributed by atoms with Crippen molar-refractivity contribution in [2.45, 2.75) is 49.5 Å². The molecule has 0 aromatic carbocycles. The van der Waals surface area contributed by atoms with Gasteiger partial charge in [0, 0.05) is 18.0 Å². The third-order valence-corrected chi connectivity index (χ3v) is 6.96. The van der Waals surface area contributed by atoms with Crippen molar-refractivity contribution >= 4 is 11.6 Å². The topological polar surface area (TPSA) is 82.5 Å². The van der Waals surface area contributed by atoms with Crippen LogP contribution in [-0.2, 0) is 11.0 Å². The number of nitrogens with zero attached hydrogens (tertiary/aromatic N) is 6. The van der Waals surface area contributed by atoms with E-state index in [-0.39, 0.29) is 11.0 Å². The van der Waals surface area contributed by atoms with E-state index in [1.54, 1.807) is 18.7 Å². The number of halogens is 1. The lowest BCUT2D eigenvalue weighted by Gasteiger charge is -2.60. The highest BCUT2D eigenvalue weighted by atomic mass is 35.5. The van der Waals surface area contributed by atoms with Crippen LogP contribution in [0.3, 0.4) is 0 Å². The normalized spacial score (nSPS) is 34.3. The molecule has 0 N–H and O–H groups in total. The van der Waals surface area contributed by atoms with Crippen LogP contribution in [0.5, 0.6) is 0 Å². The van der Waals surface area contributed by atoms with Gasteiger partial charge in [-0.15, -0.1) is 15.3 Å². The Morgan fingerprint density at radius 2 is 1.85 bits per heavy atom. The number of pyridine rings is 1. The number of hydrogen-bond acceptors (Lipinski definition) is 6. The van der Waals surface area contributed by atoms with Gasteiger partial charge in [0.05, 0.1) is 11.0 Å². The van der Waals surface area contributed by atoms with Crippen molar-refractivity contribution in [1.29, 1.82) is 0 Å². The third-order valence-electron chi connectivity index (χ3n) is 6.79. The van der Waals surface area contributed by atoms with E-state index in [0.29, 0.717) is 23.0 Å². The van der Waals surface area contributed by atoms with E-state index in [1.165, 1.54) is 6.42 Å². The Kier molecular flexibility index (Phi) is 3.14. The van der Waals surface area contributed by atoms with E-state index in [1.807, 2.05) is 16.8 Å². The molecule has 8 heteroatoms. The minimum atomic E-state index is -0.0687. The molecule has 3 aromatic rings. The van der Waals surface area contributed by atoms with Crippen LogP contribution in [0.2, 0.25) is 5.28 Å². The summed E-state index contributed by atoms with van der Waals surface area (Å²) in [6.07, 6.45) is 12.0. The summed E-state index contributed by atoms with van der Waals surface area (Å²) in [7, 11) is 0. The summed E-state index contributed by atoms with van der Waals surface area (Å²) in [6.45, 7) is 0. The van der Waals surface area contributed by atoms with E-state index >= 15 is 0 Å². The van der Waals surface area contributed by atoms with Crippen molar-refractivity contribution in [2.75, 3.05) is 0 Å². The van der Waals surface area contributed by atoms with Gasteiger partial charge in [0.1, 0.15) is 6.33 Å². The maximum absolute atomic E-state index is 6.22. The van der Waals surface area contributed by atoms with Crippen molar-refractivity contribution in [1.82, 2.24) is 29.9 Å². The molecule has 3 heterocycles. The Labute approximate surface area is 161 Å². The SMILES string of the molecule is Clc1ncn(C23C[C@H]4C[C@@H](CC(c5nnc(-c6ccncc6)o5)(C4)C2)C3)n1. The van der Waals surface area contributed by atoms with Crippen molar-refractivity contribution < 1.29 is 4.42 Å². The lowest BCUT2D eigenvalue weighted by Crippen LogP contribution is -2.58. The monoisotopic (exact) mass is 382 g/mol. The first-order chi connectivity index (χ1) is 13.1. The minimum absolute atomic E-state index is 0.0322. The van der Waals surface area contributed by atoms with Crippen LogP contribution < -0.4 is 0 Å². The first kappa shape index (κ1) is 15.7. The van der Waals surface area contributed by atoms with Crippen LogP contribution in [0.1, 0.15) is 44.4 Å². The van der Waals surface area contributed by atoms with Gasteiger partial charge >= 0.3 is 0 Å². The van der Waals surface area contributed by atoms with Crippen molar-refractivity contribution in [2.24, 2.45) is 11.8 Å². The molecule has 2 atom stereocenters. The van der Waals surface area contributed by atoms with Crippen LogP contribution in [-0.4, -0.2) is 29.9 Å². The highest BCUT2D eigenvalue weighted by molar-refractivity contribution is 6.28. The van der Waals surface area contributed by atoms with Crippen LogP contribution in [0.15, 0.2) is 35.3 Å². The standard InChI is InChI=1S/C19H19ClN6O/c20-17-22-11-26(25-17)19-8-12-5-13(9-19)7-18(6-12,10-19)16-24-23-15(27-16)14-1-3-21-4-2-14/h1-4,11-13H,5-10H2/t12-,13-,18?,19?/m0/s1. The van der Waals surface area contributed by atoms with E-state index in [0.717, 1.165) is 43.6 Å². The smallest absolute Gasteiger partial charge is 0.247 e. The van der Waals surface area contributed by atoms with E-state index in [4.69, 9.17) is 16.0 Å². The quantitative estimate of drug-likeness (QED) is 0.688. The van der Waals surface area contributed by atoms with Gasteiger partial charge in [-0.25, -0.2) is 9.67 Å². The molecule has 27 heavy (non-hydrogen) atoms. The summed E-state index contributed by atoms with van der Waals surface area (Å²) in [5.74, 6) is 2.66. The average Bonchev–Trinajstić information content (AvgIpc) is 3.31. The van der Waals surface area contributed by atoms with Gasteiger partial charge in [0.2, 0.25) is 17.1 Å². The molecular formula is C19H19ClN6O. The Morgan fingerprint density at radius 3 is 2.56 bits per heavy atom. The molecule has 0 amide bonds. The Balaban J connectivity index is 1.41. The van der Waals surface area contributed by atoms with Gasteiger partial charge < -0.3 is 4.42 Å². The molecule has 4 aliphatic rings. The highest BCUT2D eigenvalue weighted by Gasteiger charge is 2.61. The molecule has 4 fully saturated rings. The zero-order valence-corrected chi connectivity index (χ0v) is 15.5. The highest BCUT2D eigenvalue weighted by Crippen LogP contribution is 2.64. The van der Waals surface area contributed by atoms with Gasteiger partial charge in [-0.2, -0.15) is 0 Å². The second-order valence-corrected chi connectivity index (χ2v) is 8.91. The largest absolute Gasteiger partial charge is 0.420 e. The summed E-state index contributed by atoms with van der Waals surface area (Å²) in [4.78, 5) is 8.23. The fourth-order valence-electron chi connectivity index (χ4n) is 6.25. The van der Waals surface area contributed by atoms with Crippen molar-refractivity contribution in [3.8, 4) is 11.5 Å². The van der Waals surface area contributed by atoms with Crippen LogP contribution in [0.4, 0.5) is 0 Å². The molecule has 0 spiro atoms. The van der Waals surface area contributed by atoms with Gasteiger partial charge in [-0.3, -0.25) is 4.98 Å². The third kappa shape index (κ3) is 2.30. The molecule has 0 unspecified atom stereocenters. The van der Waals surface area contributed by atoms with Gasteiger partial charge in [-0.05, 0) is 74.1 Å². The molecule has 138 valence electrons. The van der Waals surface area contributed by atoms with Crippen LogP contribution >= 0.6 is 11.6 Å². The van der Waals surface area contributed by atoms with E-state index in [9.17, 15) is 0 Å². The molecule has 4 saturated carbocycles.